The first kappa shape index (κ1) is 14.2. The van der Waals surface area contributed by atoms with E-state index in [0.717, 1.165) is 41.9 Å². The summed E-state index contributed by atoms with van der Waals surface area (Å²) in [4.78, 5) is 6.70. The van der Waals surface area contributed by atoms with E-state index in [1.807, 2.05) is 14.0 Å². The van der Waals surface area contributed by atoms with Crippen molar-refractivity contribution in [2.75, 3.05) is 14.1 Å². The number of nitrogens with zero attached hydrogens (tertiary/aromatic N) is 2. The maximum atomic E-state index is 5.85. The van der Waals surface area contributed by atoms with Crippen LogP contribution in [0.3, 0.4) is 0 Å². The molecule has 2 aromatic rings. The van der Waals surface area contributed by atoms with Crippen molar-refractivity contribution in [3.05, 3.63) is 39.2 Å². The molecular formula is C14H21N3OS. The second-order valence-electron chi connectivity index (χ2n) is 4.88. The van der Waals surface area contributed by atoms with Gasteiger partial charge < -0.3 is 9.73 Å². The molecule has 0 aliphatic rings. The average molecular weight is 279 g/mol. The molecule has 0 amide bonds. The minimum absolute atomic E-state index is 0.779. The van der Waals surface area contributed by atoms with E-state index in [9.17, 15) is 0 Å². The zero-order valence-electron chi connectivity index (χ0n) is 12.0. The molecular weight excluding hydrogens is 258 g/mol. The molecule has 0 aliphatic carbocycles. The molecule has 0 saturated carbocycles. The second kappa shape index (κ2) is 6.32. The van der Waals surface area contributed by atoms with Crippen molar-refractivity contribution < 1.29 is 4.42 Å². The van der Waals surface area contributed by atoms with Crippen LogP contribution < -0.4 is 5.32 Å². The Morgan fingerprint density at radius 3 is 2.79 bits per heavy atom. The molecule has 0 fully saturated rings. The van der Waals surface area contributed by atoms with Gasteiger partial charge in [-0.25, -0.2) is 4.98 Å². The molecule has 4 nitrogen and oxygen atoms in total. The molecule has 0 spiro atoms. The molecule has 0 aliphatic heterocycles. The normalized spacial score (nSPS) is 11.4. The van der Waals surface area contributed by atoms with Gasteiger partial charge in [-0.2, -0.15) is 0 Å². The van der Waals surface area contributed by atoms with Gasteiger partial charge in [-0.15, -0.1) is 11.3 Å². The van der Waals surface area contributed by atoms with Crippen LogP contribution in [0.15, 0.2) is 15.9 Å². The third-order valence-electron chi connectivity index (χ3n) is 2.93. The van der Waals surface area contributed by atoms with E-state index in [0.29, 0.717) is 0 Å². The van der Waals surface area contributed by atoms with Gasteiger partial charge in [-0.05, 0) is 39.6 Å². The minimum atomic E-state index is 0.779. The van der Waals surface area contributed by atoms with Crippen molar-refractivity contribution in [1.82, 2.24) is 15.2 Å². The standard InChI is InChI=1S/C14H21N3OS/c1-10-5-13(18-14(10)6-15-3)8-17(4)7-12-9-19-11(2)16-12/h5,9,15H,6-8H2,1-4H3. The zero-order valence-corrected chi connectivity index (χ0v) is 12.8. The van der Waals surface area contributed by atoms with Crippen LogP contribution in [0.4, 0.5) is 0 Å². The van der Waals surface area contributed by atoms with E-state index in [2.05, 4.69) is 40.6 Å². The smallest absolute Gasteiger partial charge is 0.120 e. The Kier molecular flexibility index (Phi) is 4.74. The highest BCUT2D eigenvalue weighted by Crippen LogP contribution is 2.17. The summed E-state index contributed by atoms with van der Waals surface area (Å²) in [5, 5.41) is 6.35. The number of aryl methyl sites for hydroxylation is 2. The SMILES string of the molecule is CNCc1oc(CN(C)Cc2csc(C)n2)cc1C. The third kappa shape index (κ3) is 3.89. The fourth-order valence-electron chi connectivity index (χ4n) is 2.08. The lowest BCUT2D eigenvalue weighted by Gasteiger charge is -2.13. The van der Waals surface area contributed by atoms with Crippen LogP contribution in [-0.4, -0.2) is 24.0 Å². The molecule has 0 radical (unpaired) electrons. The van der Waals surface area contributed by atoms with Crippen molar-refractivity contribution in [3.63, 3.8) is 0 Å². The number of hydrogen-bond donors (Lipinski definition) is 1. The summed E-state index contributed by atoms with van der Waals surface area (Å²) in [6.07, 6.45) is 0. The van der Waals surface area contributed by atoms with Gasteiger partial charge in [-0.1, -0.05) is 0 Å². The van der Waals surface area contributed by atoms with Gasteiger partial charge in [0.1, 0.15) is 11.5 Å². The van der Waals surface area contributed by atoms with E-state index in [1.54, 1.807) is 11.3 Å². The Balaban J connectivity index is 1.94. The summed E-state index contributed by atoms with van der Waals surface area (Å²) in [6.45, 7) is 6.56. The highest BCUT2D eigenvalue weighted by Gasteiger charge is 2.10. The molecule has 104 valence electrons. The molecule has 1 N–H and O–H groups in total. The lowest BCUT2D eigenvalue weighted by molar-refractivity contribution is 0.280. The van der Waals surface area contributed by atoms with Gasteiger partial charge in [0.2, 0.25) is 0 Å². The first-order valence-electron chi connectivity index (χ1n) is 6.41. The first-order chi connectivity index (χ1) is 9.08. The molecule has 2 aromatic heterocycles. The van der Waals surface area contributed by atoms with Gasteiger partial charge in [0.25, 0.3) is 0 Å². The molecule has 5 heteroatoms. The fourth-order valence-corrected chi connectivity index (χ4v) is 2.69. The summed E-state index contributed by atoms with van der Waals surface area (Å²) < 4.78 is 5.85. The van der Waals surface area contributed by atoms with E-state index in [4.69, 9.17) is 4.42 Å². The number of aromatic nitrogens is 1. The minimum Gasteiger partial charge on any atom is -0.463 e. The molecule has 0 unspecified atom stereocenters. The monoisotopic (exact) mass is 279 g/mol. The van der Waals surface area contributed by atoms with Crippen LogP contribution in [0.5, 0.6) is 0 Å². The quantitative estimate of drug-likeness (QED) is 0.882. The summed E-state index contributed by atoms with van der Waals surface area (Å²) >= 11 is 1.70. The Morgan fingerprint density at radius 1 is 1.37 bits per heavy atom. The van der Waals surface area contributed by atoms with Crippen molar-refractivity contribution in [2.45, 2.75) is 33.5 Å². The van der Waals surface area contributed by atoms with Gasteiger partial charge in [-0.3, -0.25) is 4.90 Å². The lowest BCUT2D eigenvalue weighted by Crippen LogP contribution is -2.17. The Morgan fingerprint density at radius 2 is 2.16 bits per heavy atom. The molecule has 2 heterocycles. The first-order valence-corrected chi connectivity index (χ1v) is 7.28. The largest absolute Gasteiger partial charge is 0.463 e. The predicted molar refractivity (Wildman–Crippen MR) is 78.2 cm³/mol. The summed E-state index contributed by atoms with van der Waals surface area (Å²) in [7, 11) is 4.02. The maximum Gasteiger partial charge on any atom is 0.120 e. The van der Waals surface area contributed by atoms with E-state index in [1.165, 1.54) is 5.56 Å². The molecule has 0 atom stereocenters. The predicted octanol–water partition coefficient (Wildman–Crippen LogP) is 2.70. The number of nitrogens with one attached hydrogen (secondary N) is 1. The van der Waals surface area contributed by atoms with Gasteiger partial charge in [0, 0.05) is 11.9 Å². The van der Waals surface area contributed by atoms with Crippen LogP contribution in [0.2, 0.25) is 0 Å². The van der Waals surface area contributed by atoms with Gasteiger partial charge in [0.15, 0.2) is 0 Å². The van der Waals surface area contributed by atoms with Crippen molar-refractivity contribution in [3.8, 4) is 0 Å². The van der Waals surface area contributed by atoms with E-state index >= 15 is 0 Å². The summed E-state index contributed by atoms with van der Waals surface area (Å²) in [6, 6.07) is 2.12. The third-order valence-corrected chi connectivity index (χ3v) is 3.76. The Bertz CT molecular complexity index is 533. The zero-order chi connectivity index (χ0) is 13.8. The molecule has 0 aromatic carbocycles. The fraction of sp³-hybridized carbons (Fsp3) is 0.500. The van der Waals surface area contributed by atoms with Crippen LogP contribution in [0.1, 0.15) is 27.8 Å². The number of rotatable bonds is 6. The van der Waals surface area contributed by atoms with Crippen LogP contribution >= 0.6 is 11.3 Å². The average Bonchev–Trinajstić information content (AvgIpc) is 2.87. The van der Waals surface area contributed by atoms with E-state index in [-0.39, 0.29) is 0 Å². The molecule has 19 heavy (non-hydrogen) atoms. The second-order valence-corrected chi connectivity index (χ2v) is 5.94. The van der Waals surface area contributed by atoms with Crippen LogP contribution in [0.25, 0.3) is 0 Å². The Hall–Kier alpha value is -1.17. The van der Waals surface area contributed by atoms with Crippen LogP contribution in [-0.2, 0) is 19.6 Å². The summed E-state index contributed by atoms with van der Waals surface area (Å²) in [5.74, 6) is 2.03. The molecule has 0 saturated heterocycles. The molecule has 2 rings (SSSR count). The van der Waals surface area contributed by atoms with E-state index < -0.39 is 0 Å². The highest BCUT2D eigenvalue weighted by atomic mass is 32.1. The highest BCUT2D eigenvalue weighted by molar-refractivity contribution is 7.09. The Labute approximate surface area is 118 Å². The lowest BCUT2D eigenvalue weighted by atomic mass is 10.2. The summed E-state index contributed by atoms with van der Waals surface area (Å²) in [5.41, 5.74) is 2.34. The van der Waals surface area contributed by atoms with Crippen molar-refractivity contribution >= 4 is 11.3 Å². The maximum absolute atomic E-state index is 5.85. The van der Waals surface area contributed by atoms with Crippen LogP contribution in [0, 0.1) is 13.8 Å². The van der Waals surface area contributed by atoms with Gasteiger partial charge >= 0.3 is 0 Å². The number of hydrogen-bond acceptors (Lipinski definition) is 5. The van der Waals surface area contributed by atoms with Gasteiger partial charge in [0.05, 0.1) is 23.8 Å². The van der Waals surface area contributed by atoms with Crippen molar-refractivity contribution in [1.29, 1.82) is 0 Å². The topological polar surface area (TPSA) is 41.3 Å². The number of thiazole rings is 1. The molecule has 0 bridgehead atoms. The van der Waals surface area contributed by atoms with Crippen molar-refractivity contribution in [2.24, 2.45) is 0 Å². The number of furan rings is 1.